The van der Waals surface area contributed by atoms with E-state index >= 15 is 0 Å². The molecule has 0 radical (unpaired) electrons. The lowest BCUT2D eigenvalue weighted by Crippen LogP contribution is -2.43. The number of hydrogen-bond donors (Lipinski definition) is 3. The highest BCUT2D eigenvalue weighted by Gasteiger charge is 2.29. The smallest absolute Gasteiger partial charge is 0.261 e. The molecule has 3 aromatic rings. The highest BCUT2D eigenvalue weighted by atomic mass is 32.1. The van der Waals surface area contributed by atoms with E-state index in [4.69, 9.17) is 0 Å². The predicted octanol–water partition coefficient (Wildman–Crippen LogP) is 2.54. The van der Waals surface area contributed by atoms with Crippen molar-refractivity contribution in [3.63, 3.8) is 0 Å². The zero-order valence-corrected chi connectivity index (χ0v) is 16.2. The van der Waals surface area contributed by atoms with Crippen LogP contribution in [0.1, 0.15) is 28.9 Å². The molecule has 1 saturated heterocycles. The fraction of sp³-hybridized carbons (Fsp3) is 0.400. The van der Waals surface area contributed by atoms with E-state index in [9.17, 15) is 9.90 Å². The van der Waals surface area contributed by atoms with Crippen molar-refractivity contribution in [3.8, 4) is 11.3 Å². The fourth-order valence-corrected chi connectivity index (χ4v) is 4.57. The van der Waals surface area contributed by atoms with Crippen molar-refractivity contribution in [1.29, 1.82) is 0 Å². The fourth-order valence-electron chi connectivity index (χ4n) is 3.58. The van der Waals surface area contributed by atoms with Crippen LogP contribution in [0.3, 0.4) is 0 Å². The Labute approximate surface area is 162 Å². The number of rotatable bonds is 4. The lowest BCUT2D eigenvalue weighted by Gasteiger charge is -2.26. The van der Waals surface area contributed by atoms with Gasteiger partial charge in [0.05, 0.1) is 10.5 Å². The van der Waals surface area contributed by atoms with Crippen LogP contribution in [0, 0.1) is 0 Å². The highest BCUT2D eigenvalue weighted by Crippen LogP contribution is 2.33. The van der Waals surface area contributed by atoms with Gasteiger partial charge in [-0.1, -0.05) is 30.3 Å². The van der Waals surface area contributed by atoms with E-state index in [-0.39, 0.29) is 12.5 Å². The Morgan fingerprint density at radius 3 is 2.96 bits per heavy atom. The summed E-state index contributed by atoms with van der Waals surface area (Å²) in [6, 6.07) is 11.9. The Morgan fingerprint density at radius 1 is 1.33 bits per heavy atom. The number of carbonyl (C=O) groups excluding carboxylic acids is 1. The molecule has 1 aromatic carbocycles. The van der Waals surface area contributed by atoms with Gasteiger partial charge in [0.2, 0.25) is 0 Å². The van der Waals surface area contributed by atoms with Gasteiger partial charge in [0, 0.05) is 24.5 Å². The standard InChI is InChI=1S/C20H24N4O2S/c1-24-19-15(17(23-24)14-6-3-2-4-7-14)12-16(27-19)18(25)22-13-20(26)8-5-10-21-11-9-20/h2-4,6-7,12,21,26H,5,8-11,13H2,1H3,(H,22,25). The average molecular weight is 385 g/mol. The number of amides is 1. The molecular formula is C20H24N4O2S. The van der Waals surface area contributed by atoms with E-state index in [1.807, 2.05) is 48.1 Å². The van der Waals surface area contributed by atoms with Crippen LogP contribution >= 0.6 is 11.3 Å². The number of hydrogen-bond acceptors (Lipinski definition) is 5. The number of aryl methyl sites for hydroxylation is 1. The van der Waals surface area contributed by atoms with Crippen molar-refractivity contribution < 1.29 is 9.90 Å². The summed E-state index contributed by atoms with van der Waals surface area (Å²) < 4.78 is 1.82. The summed E-state index contributed by atoms with van der Waals surface area (Å²) in [5.74, 6) is -0.138. The zero-order chi connectivity index (χ0) is 18.9. The first-order chi connectivity index (χ1) is 13.1. The maximum Gasteiger partial charge on any atom is 0.261 e. The van der Waals surface area contributed by atoms with Crippen LogP contribution in [0.2, 0.25) is 0 Å². The second kappa shape index (κ2) is 7.42. The summed E-state index contributed by atoms with van der Waals surface area (Å²) in [4.78, 5) is 14.3. The molecule has 4 rings (SSSR count). The van der Waals surface area contributed by atoms with Gasteiger partial charge >= 0.3 is 0 Å². The van der Waals surface area contributed by atoms with Crippen molar-refractivity contribution in [1.82, 2.24) is 20.4 Å². The first-order valence-corrected chi connectivity index (χ1v) is 10.1. The van der Waals surface area contributed by atoms with Crippen molar-refractivity contribution in [2.24, 2.45) is 7.05 Å². The van der Waals surface area contributed by atoms with Gasteiger partial charge in [-0.15, -0.1) is 11.3 Å². The molecule has 1 atom stereocenters. The molecule has 1 amide bonds. The maximum absolute atomic E-state index is 12.7. The monoisotopic (exact) mass is 384 g/mol. The second-order valence-electron chi connectivity index (χ2n) is 7.18. The summed E-state index contributed by atoms with van der Waals surface area (Å²) in [6.45, 7) is 1.98. The summed E-state index contributed by atoms with van der Waals surface area (Å²) in [5, 5.41) is 22.5. The Bertz CT molecular complexity index is 940. The number of thiophene rings is 1. The highest BCUT2D eigenvalue weighted by molar-refractivity contribution is 7.20. The number of aliphatic hydroxyl groups is 1. The molecule has 3 heterocycles. The topological polar surface area (TPSA) is 79.2 Å². The summed E-state index contributed by atoms with van der Waals surface area (Å²) in [6.07, 6.45) is 2.28. The lowest BCUT2D eigenvalue weighted by molar-refractivity contribution is 0.0276. The molecule has 27 heavy (non-hydrogen) atoms. The number of carbonyl (C=O) groups is 1. The molecular weight excluding hydrogens is 360 g/mol. The molecule has 142 valence electrons. The number of aromatic nitrogens is 2. The molecule has 2 aromatic heterocycles. The molecule has 6 nitrogen and oxygen atoms in total. The largest absolute Gasteiger partial charge is 0.388 e. The number of benzene rings is 1. The van der Waals surface area contributed by atoms with Gasteiger partial charge in [-0.25, -0.2) is 0 Å². The molecule has 1 aliphatic rings. The van der Waals surface area contributed by atoms with Crippen molar-refractivity contribution >= 4 is 27.5 Å². The van der Waals surface area contributed by atoms with Crippen molar-refractivity contribution in [2.45, 2.75) is 24.9 Å². The predicted molar refractivity (Wildman–Crippen MR) is 108 cm³/mol. The number of fused-ring (bicyclic) bond motifs is 1. The third-order valence-corrected chi connectivity index (χ3v) is 6.32. The Balaban J connectivity index is 1.54. The Kier molecular flexibility index (Phi) is 4.99. The van der Waals surface area contributed by atoms with Gasteiger partial charge in [-0.3, -0.25) is 9.48 Å². The summed E-state index contributed by atoms with van der Waals surface area (Å²) in [7, 11) is 1.90. The summed E-state index contributed by atoms with van der Waals surface area (Å²) in [5.41, 5.74) is 1.09. The number of nitrogens with zero attached hydrogens (tertiary/aromatic N) is 2. The van der Waals surface area contributed by atoms with Gasteiger partial charge in [-0.05, 0) is 38.4 Å². The lowest BCUT2D eigenvalue weighted by atomic mass is 9.95. The van der Waals surface area contributed by atoms with Crippen LogP contribution < -0.4 is 10.6 Å². The quantitative estimate of drug-likeness (QED) is 0.646. The molecule has 7 heteroatoms. The molecule has 0 saturated carbocycles. The van der Waals surface area contributed by atoms with Gasteiger partial charge < -0.3 is 15.7 Å². The molecule has 0 aliphatic carbocycles. The third kappa shape index (κ3) is 3.76. The first kappa shape index (κ1) is 18.2. The normalized spacial score (nSPS) is 20.5. The van der Waals surface area contributed by atoms with Gasteiger partial charge in [0.15, 0.2) is 0 Å². The molecule has 1 aliphatic heterocycles. The second-order valence-corrected chi connectivity index (χ2v) is 8.21. The first-order valence-electron chi connectivity index (χ1n) is 9.29. The van der Waals surface area contributed by atoms with Crippen LogP contribution in [-0.2, 0) is 7.05 Å². The van der Waals surface area contributed by atoms with E-state index in [0.29, 0.717) is 17.7 Å². The van der Waals surface area contributed by atoms with Crippen LogP contribution in [0.4, 0.5) is 0 Å². The van der Waals surface area contributed by atoms with Gasteiger partial charge in [-0.2, -0.15) is 5.10 Å². The van der Waals surface area contributed by atoms with Crippen LogP contribution in [0.25, 0.3) is 21.5 Å². The molecule has 3 N–H and O–H groups in total. The van der Waals surface area contributed by atoms with Gasteiger partial charge in [0.25, 0.3) is 5.91 Å². The van der Waals surface area contributed by atoms with Crippen LogP contribution in [0.5, 0.6) is 0 Å². The molecule has 0 bridgehead atoms. The SMILES string of the molecule is Cn1nc(-c2ccccc2)c2cc(C(=O)NCC3(O)CCCNCC3)sc21. The maximum atomic E-state index is 12.7. The van der Waals surface area contributed by atoms with E-state index in [0.717, 1.165) is 41.0 Å². The minimum absolute atomic E-state index is 0.138. The van der Waals surface area contributed by atoms with Crippen molar-refractivity contribution in [3.05, 3.63) is 41.3 Å². The van der Waals surface area contributed by atoms with Crippen molar-refractivity contribution in [2.75, 3.05) is 19.6 Å². The Hall–Kier alpha value is -2.22. The third-order valence-electron chi connectivity index (χ3n) is 5.12. The van der Waals surface area contributed by atoms with Gasteiger partial charge in [0.1, 0.15) is 10.5 Å². The molecule has 0 spiro atoms. The van der Waals surface area contributed by atoms with Crippen LogP contribution in [-0.4, -0.2) is 46.0 Å². The molecule has 1 unspecified atom stereocenters. The van der Waals surface area contributed by atoms with E-state index < -0.39 is 5.60 Å². The minimum Gasteiger partial charge on any atom is -0.388 e. The molecule has 1 fully saturated rings. The van der Waals surface area contributed by atoms with E-state index in [1.54, 1.807) is 0 Å². The average Bonchev–Trinajstić information content (AvgIpc) is 3.16. The van der Waals surface area contributed by atoms with Crippen LogP contribution in [0.15, 0.2) is 36.4 Å². The summed E-state index contributed by atoms with van der Waals surface area (Å²) >= 11 is 1.43. The minimum atomic E-state index is -0.827. The van der Waals surface area contributed by atoms with E-state index in [1.165, 1.54) is 11.3 Å². The Morgan fingerprint density at radius 2 is 2.15 bits per heavy atom. The zero-order valence-electron chi connectivity index (χ0n) is 15.4. The number of nitrogens with one attached hydrogen (secondary N) is 2. The van der Waals surface area contributed by atoms with E-state index in [2.05, 4.69) is 15.7 Å².